The topological polar surface area (TPSA) is 51.8 Å². The van der Waals surface area contributed by atoms with Crippen LogP contribution in [0.2, 0.25) is 0 Å². The highest BCUT2D eigenvalue weighted by Gasteiger charge is 2.21. The van der Waals surface area contributed by atoms with Gasteiger partial charge in [-0.05, 0) is 78.5 Å². The summed E-state index contributed by atoms with van der Waals surface area (Å²) in [6, 6.07) is 61.6. The summed E-state index contributed by atoms with van der Waals surface area (Å²) in [6.45, 7) is 0. The Morgan fingerprint density at radius 2 is 0.792 bits per heavy atom. The predicted molar refractivity (Wildman–Crippen MR) is 219 cm³/mol. The minimum Gasteiger partial charge on any atom is -0.456 e. The van der Waals surface area contributed by atoms with E-state index in [2.05, 4.69) is 158 Å². The average molecular weight is 676 g/mol. The van der Waals surface area contributed by atoms with Gasteiger partial charge in [-0.25, -0.2) is 15.0 Å². The maximum absolute atomic E-state index is 6.58. The Balaban J connectivity index is 1.18. The van der Waals surface area contributed by atoms with Crippen LogP contribution < -0.4 is 0 Å². The van der Waals surface area contributed by atoms with E-state index in [-0.39, 0.29) is 0 Å². The van der Waals surface area contributed by atoms with Crippen molar-refractivity contribution < 1.29 is 4.42 Å². The van der Waals surface area contributed by atoms with Crippen LogP contribution in [0.25, 0.3) is 110 Å². The van der Waals surface area contributed by atoms with Crippen LogP contribution in [0.4, 0.5) is 0 Å². The summed E-state index contributed by atoms with van der Waals surface area (Å²) in [5, 5.41) is 11.5. The third-order valence-corrected chi connectivity index (χ3v) is 10.5. The molecule has 0 aliphatic heterocycles. The summed E-state index contributed by atoms with van der Waals surface area (Å²) < 4.78 is 6.58. The van der Waals surface area contributed by atoms with E-state index < -0.39 is 0 Å². The van der Waals surface area contributed by atoms with Crippen molar-refractivity contribution in [2.75, 3.05) is 0 Å². The Hall–Kier alpha value is -7.17. The molecule has 0 fully saturated rings. The second-order valence-corrected chi connectivity index (χ2v) is 13.6. The van der Waals surface area contributed by atoms with Gasteiger partial charge in [-0.1, -0.05) is 152 Å². The number of furan rings is 1. The average Bonchev–Trinajstić information content (AvgIpc) is 3.62. The van der Waals surface area contributed by atoms with Crippen molar-refractivity contribution in [2.45, 2.75) is 0 Å². The third-order valence-electron chi connectivity index (χ3n) is 10.5. The molecule has 11 rings (SSSR count). The summed E-state index contributed by atoms with van der Waals surface area (Å²) in [6.07, 6.45) is 0. The third kappa shape index (κ3) is 4.80. The molecular weight excluding hydrogens is 647 g/mol. The van der Waals surface area contributed by atoms with E-state index in [4.69, 9.17) is 19.4 Å². The van der Waals surface area contributed by atoms with Gasteiger partial charge in [-0.3, -0.25) is 0 Å². The molecule has 53 heavy (non-hydrogen) atoms. The predicted octanol–water partition coefficient (Wildman–Crippen LogP) is 13.1. The van der Waals surface area contributed by atoms with Gasteiger partial charge in [0, 0.05) is 27.5 Å². The Labute approximate surface area is 304 Å². The van der Waals surface area contributed by atoms with E-state index in [9.17, 15) is 0 Å². The SMILES string of the molecule is c1ccc2cc(-c3nc(-c4ccc5c(ccc6ccccc65)c4)nc(-c4cccc5oc6cccc(-c7cccc8ccccc78)c6c45)n3)ccc2c1. The molecular formula is C49H29N3O. The van der Waals surface area contributed by atoms with E-state index in [0.29, 0.717) is 17.5 Å². The molecule has 0 saturated carbocycles. The maximum atomic E-state index is 6.58. The summed E-state index contributed by atoms with van der Waals surface area (Å²) in [7, 11) is 0. The van der Waals surface area contributed by atoms with Crippen LogP contribution in [-0.2, 0) is 0 Å². The molecule has 4 heteroatoms. The Morgan fingerprint density at radius 3 is 1.58 bits per heavy atom. The van der Waals surface area contributed by atoms with Crippen molar-refractivity contribution in [3.05, 3.63) is 176 Å². The molecule has 0 aliphatic rings. The molecule has 0 saturated heterocycles. The van der Waals surface area contributed by atoms with Crippen LogP contribution in [-0.4, -0.2) is 15.0 Å². The minimum absolute atomic E-state index is 0.595. The van der Waals surface area contributed by atoms with Crippen molar-refractivity contribution in [3.8, 4) is 45.3 Å². The van der Waals surface area contributed by atoms with Crippen molar-refractivity contribution in [3.63, 3.8) is 0 Å². The summed E-state index contributed by atoms with van der Waals surface area (Å²) in [5.74, 6) is 1.83. The van der Waals surface area contributed by atoms with Crippen molar-refractivity contribution in [1.29, 1.82) is 0 Å². The van der Waals surface area contributed by atoms with E-state index in [1.165, 1.54) is 32.3 Å². The lowest BCUT2D eigenvalue weighted by Gasteiger charge is -2.12. The van der Waals surface area contributed by atoms with E-state index >= 15 is 0 Å². The largest absolute Gasteiger partial charge is 0.456 e. The smallest absolute Gasteiger partial charge is 0.164 e. The molecule has 11 aromatic rings. The van der Waals surface area contributed by atoms with Gasteiger partial charge in [-0.15, -0.1) is 0 Å². The summed E-state index contributed by atoms with van der Waals surface area (Å²) >= 11 is 0. The normalized spacial score (nSPS) is 11.8. The Kier molecular flexibility index (Phi) is 6.52. The lowest BCUT2D eigenvalue weighted by molar-refractivity contribution is 0.669. The molecule has 2 aromatic heterocycles. The fourth-order valence-electron chi connectivity index (χ4n) is 7.97. The zero-order valence-corrected chi connectivity index (χ0v) is 28.5. The van der Waals surface area contributed by atoms with Gasteiger partial charge < -0.3 is 4.42 Å². The van der Waals surface area contributed by atoms with Crippen molar-refractivity contribution >= 4 is 65.0 Å². The zero-order chi connectivity index (χ0) is 34.9. The number of hydrogen-bond donors (Lipinski definition) is 0. The summed E-state index contributed by atoms with van der Waals surface area (Å²) in [4.78, 5) is 15.6. The molecule has 0 radical (unpaired) electrons. The monoisotopic (exact) mass is 675 g/mol. The first kappa shape index (κ1) is 29.5. The molecule has 4 nitrogen and oxygen atoms in total. The van der Waals surface area contributed by atoms with Crippen molar-refractivity contribution in [1.82, 2.24) is 15.0 Å². The van der Waals surface area contributed by atoms with Gasteiger partial charge in [0.25, 0.3) is 0 Å². The van der Waals surface area contributed by atoms with E-state index in [1.807, 2.05) is 18.2 Å². The molecule has 0 N–H and O–H groups in total. The first-order valence-electron chi connectivity index (χ1n) is 17.9. The first-order chi connectivity index (χ1) is 26.2. The van der Waals surface area contributed by atoms with Gasteiger partial charge >= 0.3 is 0 Å². The molecule has 9 aromatic carbocycles. The van der Waals surface area contributed by atoms with Crippen LogP contribution in [0, 0.1) is 0 Å². The molecule has 2 heterocycles. The van der Waals surface area contributed by atoms with Crippen LogP contribution in [0.3, 0.4) is 0 Å². The van der Waals surface area contributed by atoms with Gasteiger partial charge in [0.05, 0.1) is 0 Å². The van der Waals surface area contributed by atoms with Crippen LogP contribution in [0.5, 0.6) is 0 Å². The number of rotatable bonds is 4. The fourth-order valence-corrected chi connectivity index (χ4v) is 7.97. The molecule has 246 valence electrons. The second kappa shape index (κ2) is 11.7. The van der Waals surface area contributed by atoms with Crippen molar-refractivity contribution in [2.24, 2.45) is 0 Å². The standard InChI is InChI=1S/C49H29N3O/c1-2-13-33-28-35(25-22-30(33)10-1)47-50-48(36-26-27-39-34(29-36)24-23-32-12-4-5-15-37(32)39)52-49(51-47)42-19-9-21-44-46(42)45-41(18-8-20-43(45)53-44)40-17-7-14-31-11-3-6-16-38(31)40/h1-29H. The molecule has 0 spiro atoms. The second-order valence-electron chi connectivity index (χ2n) is 13.6. The van der Waals surface area contributed by atoms with E-state index in [0.717, 1.165) is 60.5 Å². The number of benzene rings is 9. The van der Waals surface area contributed by atoms with Gasteiger partial charge in [-0.2, -0.15) is 0 Å². The maximum Gasteiger partial charge on any atom is 0.164 e. The highest BCUT2D eigenvalue weighted by molar-refractivity contribution is 6.19. The van der Waals surface area contributed by atoms with Crippen LogP contribution in [0.1, 0.15) is 0 Å². The molecule has 0 aliphatic carbocycles. The van der Waals surface area contributed by atoms with E-state index in [1.54, 1.807) is 0 Å². The molecule has 0 bridgehead atoms. The number of hydrogen-bond acceptors (Lipinski definition) is 4. The van der Waals surface area contributed by atoms with Gasteiger partial charge in [0.2, 0.25) is 0 Å². The minimum atomic E-state index is 0.595. The molecule has 0 unspecified atom stereocenters. The quantitative estimate of drug-likeness (QED) is 0.174. The first-order valence-corrected chi connectivity index (χ1v) is 17.9. The lowest BCUT2D eigenvalue weighted by atomic mass is 9.93. The number of aromatic nitrogens is 3. The highest BCUT2D eigenvalue weighted by atomic mass is 16.3. The van der Waals surface area contributed by atoms with Gasteiger partial charge in [0.1, 0.15) is 11.2 Å². The lowest BCUT2D eigenvalue weighted by Crippen LogP contribution is -2.00. The highest BCUT2D eigenvalue weighted by Crippen LogP contribution is 2.43. The molecule has 0 amide bonds. The van der Waals surface area contributed by atoms with Crippen LogP contribution >= 0.6 is 0 Å². The Bertz CT molecular complexity index is 3250. The number of fused-ring (bicyclic) bond motifs is 8. The summed E-state index contributed by atoms with van der Waals surface area (Å²) in [5.41, 5.74) is 6.63. The zero-order valence-electron chi connectivity index (χ0n) is 28.5. The van der Waals surface area contributed by atoms with Gasteiger partial charge in [0.15, 0.2) is 17.5 Å². The fraction of sp³-hybridized carbons (Fsp3) is 0. The molecule has 0 atom stereocenters. The number of nitrogens with zero attached hydrogens (tertiary/aromatic N) is 3. The van der Waals surface area contributed by atoms with Crippen LogP contribution in [0.15, 0.2) is 180 Å². The Morgan fingerprint density at radius 1 is 0.302 bits per heavy atom.